The molecule has 9 nitrogen and oxygen atoms in total. The minimum Gasteiger partial charge on any atom is -0.507 e. The SMILES string of the molecule is COc1cc(-c2ccc(-c3cnc(N(C4CC4)[C@H]4C[C@]5(C)CC[C@@](C)(N5)[C@H]4F)nn3)c(O)c2)cnc1OC. The summed E-state index contributed by atoms with van der Waals surface area (Å²) in [5, 5.41) is 23.2. The third kappa shape index (κ3) is 4.20. The van der Waals surface area contributed by atoms with E-state index in [0.29, 0.717) is 35.3 Å². The summed E-state index contributed by atoms with van der Waals surface area (Å²) in [6, 6.07) is 7.02. The van der Waals surface area contributed by atoms with Gasteiger partial charge in [0.05, 0.1) is 26.5 Å². The summed E-state index contributed by atoms with van der Waals surface area (Å²) in [6.45, 7) is 4.18. The Labute approximate surface area is 221 Å². The smallest absolute Gasteiger partial charge is 0.256 e. The van der Waals surface area contributed by atoms with Gasteiger partial charge in [-0.15, -0.1) is 10.2 Å². The lowest BCUT2D eigenvalue weighted by Gasteiger charge is -2.48. The Morgan fingerprint density at radius 1 is 1.03 bits per heavy atom. The Kier molecular flexibility index (Phi) is 5.90. The molecule has 6 rings (SSSR count). The lowest BCUT2D eigenvalue weighted by Crippen LogP contribution is -2.66. The summed E-state index contributed by atoms with van der Waals surface area (Å²) >= 11 is 0. The zero-order valence-electron chi connectivity index (χ0n) is 22.1. The maximum Gasteiger partial charge on any atom is 0.256 e. The van der Waals surface area contributed by atoms with Crippen molar-refractivity contribution in [2.24, 2.45) is 0 Å². The molecule has 200 valence electrons. The van der Waals surface area contributed by atoms with Gasteiger partial charge in [0, 0.05) is 34.4 Å². The fourth-order valence-corrected chi connectivity index (χ4v) is 6.20. The number of anilines is 1. The zero-order valence-corrected chi connectivity index (χ0v) is 22.1. The highest BCUT2D eigenvalue weighted by Crippen LogP contribution is 2.47. The van der Waals surface area contributed by atoms with Gasteiger partial charge in [-0.25, -0.2) is 14.4 Å². The number of alkyl halides is 1. The average molecular weight is 521 g/mol. The van der Waals surface area contributed by atoms with Crippen LogP contribution >= 0.6 is 0 Å². The van der Waals surface area contributed by atoms with Crippen LogP contribution in [0, 0.1) is 0 Å². The highest BCUT2D eigenvalue weighted by molar-refractivity contribution is 5.74. The zero-order chi connectivity index (χ0) is 26.7. The van der Waals surface area contributed by atoms with Crippen LogP contribution in [-0.2, 0) is 0 Å². The first-order chi connectivity index (χ1) is 18.2. The second kappa shape index (κ2) is 9.04. The van der Waals surface area contributed by atoms with E-state index in [4.69, 9.17) is 9.47 Å². The molecule has 0 spiro atoms. The van der Waals surface area contributed by atoms with Crippen LogP contribution in [0.3, 0.4) is 0 Å². The number of benzene rings is 1. The van der Waals surface area contributed by atoms with Crippen molar-refractivity contribution >= 4 is 5.95 Å². The molecular formula is C28H33FN6O3. The number of aromatic hydroxyl groups is 1. The molecule has 3 aliphatic rings. The predicted octanol–water partition coefficient (Wildman–Crippen LogP) is 4.30. The molecule has 0 unspecified atom stereocenters. The van der Waals surface area contributed by atoms with Gasteiger partial charge in [0.2, 0.25) is 5.95 Å². The van der Waals surface area contributed by atoms with Crippen molar-refractivity contribution in [2.45, 2.75) is 75.3 Å². The van der Waals surface area contributed by atoms with E-state index in [9.17, 15) is 5.11 Å². The molecule has 3 fully saturated rings. The van der Waals surface area contributed by atoms with E-state index < -0.39 is 11.7 Å². The molecule has 2 aliphatic heterocycles. The highest BCUT2D eigenvalue weighted by Gasteiger charge is 2.58. The molecule has 1 aromatic carbocycles. The van der Waals surface area contributed by atoms with Crippen LogP contribution < -0.4 is 19.7 Å². The molecule has 10 heteroatoms. The number of halogens is 1. The van der Waals surface area contributed by atoms with Crippen molar-refractivity contribution < 1.29 is 19.0 Å². The third-order valence-corrected chi connectivity index (χ3v) is 8.31. The van der Waals surface area contributed by atoms with Gasteiger partial charge in [-0.1, -0.05) is 6.07 Å². The summed E-state index contributed by atoms with van der Waals surface area (Å²) < 4.78 is 26.4. The summed E-state index contributed by atoms with van der Waals surface area (Å²) in [6.07, 6.45) is 6.74. The second-order valence-corrected chi connectivity index (χ2v) is 11.2. The van der Waals surface area contributed by atoms with Crippen LogP contribution in [0.25, 0.3) is 22.4 Å². The number of aromatic nitrogens is 4. The Hall–Kier alpha value is -3.53. The molecule has 2 aromatic heterocycles. The number of methoxy groups -OCH3 is 2. The molecule has 2 N–H and O–H groups in total. The van der Waals surface area contributed by atoms with E-state index >= 15 is 4.39 Å². The number of hydrogen-bond donors (Lipinski definition) is 2. The molecule has 4 atom stereocenters. The van der Waals surface area contributed by atoms with Gasteiger partial charge in [0.1, 0.15) is 17.6 Å². The second-order valence-electron chi connectivity index (χ2n) is 11.2. The largest absolute Gasteiger partial charge is 0.507 e. The first-order valence-electron chi connectivity index (χ1n) is 13.1. The fourth-order valence-electron chi connectivity index (χ4n) is 6.20. The van der Waals surface area contributed by atoms with Gasteiger partial charge in [-0.2, -0.15) is 0 Å². The van der Waals surface area contributed by atoms with Gasteiger partial charge in [-0.3, -0.25) is 0 Å². The summed E-state index contributed by atoms with van der Waals surface area (Å²) in [4.78, 5) is 11.0. The first-order valence-corrected chi connectivity index (χ1v) is 13.1. The van der Waals surface area contributed by atoms with Crippen LogP contribution in [0.2, 0.25) is 0 Å². The van der Waals surface area contributed by atoms with Crippen LogP contribution in [0.15, 0.2) is 36.7 Å². The number of rotatable bonds is 7. The highest BCUT2D eigenvalue weighted by atomic mass is 19.1. The number of nitrogens with one attached hydrogen (secondary N) is 1. The van der Waals surface area contributed by atoms with E-state index in [2.05, 4.69) is 37.3 Å². The van der Waals surface area contributed by atoms with E-state index in [1.54, 1.807) is 37.7 Å². The van der Waals surface area contributed by atoms with E-state index in [-0.39, 0.29) is 23.4 Å². The molecule has 1 saturated carbocycles. The number of pyridine rings is 1. The Morgan fingerprint density at radius 2 is 1.84 bits per heavy atom. The molecule has 2 saturated heterocycles. The van der Waals surface area contributed by atoms with Gasteiger partial charge in [-0.05, 0) is 69.7 Å². The molecule has 0 amide bonds. The Morgan fingerprint density at radius 3 is 2.50 bits per heavy atom. The van der Waals surface area contributed by atoms with Crippen molar-refractivity contribution in [3.05, 3.63) is 36.7 Å². The van der Waals surface area contributed by atoms with Crippen molar-refractivity contribution in [3.8, 4) is 39.8 Å². The van der Waals surface area contributed by atoms with Crippen LogP contribution in [0.1, 0.15) is 46.0 Å². The van der Waals surface area contributed by atoms with Gasteiger partial charge >= 0.3 is 0 Å². The number of hydrogen-bond acceptors (Lipinski definition) is 9. The van der Waals surface area contributed by atoms with Crippen molar-refractivity contribution in [3.63, 3.8) is 0 Å². The predicted molar refractivity (Wildman–Crippen MR) is 141 cm³/mol. The quantitative estimate of drug-likeness (QED) is 0.472. The summed E-state index contributed by atoms with van der Waals surface area (Å²) in [5.41, 5.74) is 1.86. The van der Waals surface area contributed by atoms with E-state index in [1.807, 2.05) is 13.0 Å². The number of phenolic OH excluding ortho intramolecular Hbond substituents is 1. The Bertz CT molecular complexity index is 1350. The van der Waals surface area contributed by atoms with Crippen molar-refractivity contribution in [1.29, 1.82) is 0 Å². The Balaban J connectivity index is 1.26. The van der Waals surface area contributed by atoms with Gasteiger partial charge < -0.3 is 24.8 Å². The molecule has 1 aliphatic carbocycles. The number of fused-ring (bicyclic) bond motifs is 2. The van der Waals surface area contributed by atoms with Crippen molar-refractivity contribution in [1.82, 2.24) is 25.5 Å². The summed E-state index contributed by atoms with van der Waals surface area (Å²) in [7, 11) is 3.08. The maximum atomic E-state index is 15.9. The lowest BCUT2D eigenvalue weighted by atomic mass is 9.82. The first kappa shape index (κ1) is 24.8. The van der Waals surface area contributed by atoms with Crippen molar-refractivity contribution in [2.75, 3.05) is 19.1 Å². The summed E-state index contributed by atoms with van der Waals surface area (Å²) in [5.74, 6) is 1.38. The van der Waals surface area contributed by atoms with Gasteiger partial charge in [0.25, 0.3) is 5.88 Å². The van der Waals surface area contributed by atoms with E-state index in [0.717, 1.165) is 36.8 Å². The lowest BCUT2D eigenvalue weighted by molar-refractivity contribution is 0.0828. The van der Waals surface area contributed by atoms with E-state index in [1.165, 1.54) is 7.11 Å². The maximum absolute atomic E-state index is 15.9. The minimum absolute atomic E-state index is 0.0415. The number of ether oxygens (including phenoxy) is 2. The van der Waals surface area contributed by atoms with Crippen LogP contribution in [0.5, 0.6) is 17.4 Å². The topological polar surface area (TPSA) is 106 Å². The molecule has 3 aromatic rings. The van der Waals surface area contributed by atoms with Crippen LogP contribution in [0.4, 0.5) is 10.3 Å². The fraction of sp³-hybridized carbons (Fsp3) is 0.500. The number of phenols is 1. The normalized spacial score (nSPS) is 28.2. The third-order valence-electron chi connectivity index (χ3n) is 8.31. The average Bonchev–Trinajstić information content (AvgIpc) is 3.71. The minimum atomic E-state index is -1.02. The molecular weight excluding hydrogens is 487 g/mol. The molecule has 2 bridgehead atoms. The standard InChI is InChI=1S/C28H33FN6O3/c1-27-9-10-28(2,34-27)24(29)21(13-27)35(18-6-7-18)26-31-15-20(32-33-26)19-8-5-16(11-22(19)36)17-12-23(37-3)25(38-4)30-14-17/h5,8,11-12,14-15,18,21,24,34,36H,6-7,9-10,13H2,1-4H3/t21-,24-,27-,28+/m0/s1. The molecule has 38 heavy (non-hydrogen) atoms. The van der Waals surface area contributed by atoms with Crippen LogP contribution in [-0.4, -0.2) is 68.8 Å². The monoisotopic (exact) mass is 520 g/mol. The molecule has 0 radical (unpaired) electrons. The van der Waals surface area contributed by atoms with Gasteiger partial charge in [0.15, 0.2) is 5.75 Å². The number of nitrogens with zero attached hydrogens (tertiary/aromatic N) is 5. The number of piperidine rings is 1. The molecule has 4 heterocycles.